The largest absolute Gasteiger partial charge is 0.453 e. The molecule has 6 heteroatoms. The van der Waals surface area contributed by atoms with Gasteiger partial charge in [-0.25, -0.2) is 0 Å². The standard InChI is InChI=1S/C18H18N4O2/c19-9-16(18(20)23)13-7-5-12(6-8-13)15-3-1-2-4-17(15)24-14-10-21-22-11-14/h1-8,10-11,16H,9,19H2,(H2,20,23)(H,21,22). The molecule has 0 saturated heterocycles. The molecule has 2 aromatic carbocycles. The molecular weight excluding hydrogens is 304 g/mol. The number of H-pyrrole nitrogens is 1. The van der Waals surface area contributed by atoms with Crippen LogP contribution in [0.25, 0.3) is 11.1 Å². The minimum atomic E-state index is -0.475. The number of nitrogens with two attached hydrogens (primary N) is 2. The molecule has 0 spiro atoms. The van der Waals surface area contributed by atoms with E-state index in [0.29, 0.717) is 5.75 Å². The smallest absolute Gasteiger partial charge is 0.226 e. The van der Waals surface area contributed by atoms with E-state index in [1.165, 1.54) is 0 Å². The molecule has 1 unspecified atom stereocenters. The molecule has 0 aliphatic heterocycles. The van der Waals surface area contributed by atoms with Gasteiger partial charge in [-0.05, 0) is 17.2 Å². The molecule has 122 valence electrons. The van der Waals surface area contributed by atoms with E-state index in [2.05, 4.69) is 10.2 Å². The Balaban J connectivity index is 1.91. The van der Waals surface area contributed by atoms with E-state index in [4.69, 9.17) is 16.2 Å². The van der Waals surface area contributed by atoms with E-state index in [1.807, 2.05) is 48.5 Å². The molecule has 24 heavy (non-hydrogen) atoms. The first kappa shape index (κ1) is 15.8. The molecule has 5 N–H and O–H groups in total. The first-order chi connectivity index (χ1) is 11.7. The Labute approximate surface area is 139 Å². The molecule has 1 heterocycles. The number of aromatic nitrogens is 2. The second kappa shape index (κ2) is 6.97. The van der Waals surface area contributed by atoms with Gasteiger partial charge in [0.25, 0.3) is 0 Å². The number of carbonyl (C=O) groups is 1. The first-order valence-electron chi connectivity index (χ1n) is 7.54. The predicted octanol–water partition coefficient (Wildman–Crippen LogP) is 2.40. The van der Waals surface area contributed by atoms with Crippen LogP contribution in [0.5, 0.6) is 11.5 Å². The number of amides is 1. The zero-order valence-electron chi connectivity index (χ0n) is 13.0. The van der Waals surface area contributed by atoms with Crippen molar-refractivity contribution < 1.29 is 9.53 Å². The lowest BCUT2D eigenvalue weighted by Gasteiger charge is -2.13. The van der Waals surface area contributed by atoms with Gasteiger partial charge < -0.3 is 16.2 Å². The summed E-state index contributed by atoms with van der Waals surface area (Å²) < 4.78 is 5.85. The fourth-order valence-electron chi connectivity index (χ4n) is 2.53. The predicted molar refractivity (Wildman–Crippen MR) is 91.5 cm³/mol. The first-order valence-corrected chi connectivity index (χ1v) is 7.54. The summed E-state index contributed by atoms with van der Waals surface area (Å²) in [6, 6.07) is 15.3. The number of nitrogens with one attached hydrogen (secondary N) is 1. The normalized spacial score (nSPS) is 11.9. The molecule has 0 aliphatic rings. The minimum Gasteiger partial charge on any atom is -0.453 e. The third-order valence-electron chi connectivity index (χ3n) is 3.79. The third kappa shape index (κ3) is 3.28. The highest BCUT2D eigenvalue weighted by Crippen LogP contribution is 2.33. The number of hydrogen-bond donors (Lipinski definition) is 3. The SMILES string of the molecule is NCC(C(N)=O)c1ccc(-c2ccccc2Oc2cn[nH]c2)cc1. The number of hydrogen-bond acceptors (Lipinski definition) is 4. The van der Waals surface area contributed by atoms with Gasteiger partial charge in [0.15, 0.2) is 5.75 Å². The Bertz CT molecular complexity index is 813. The van der Waals surface area contributed by atoms with Crippen LogP contribution in [0.1, 0.15) is 11.5 Å². The fourth-order valence-corrected chi connectivity index (χ4v) is 2.53. The van der Waals surface area contributed by atoms with E-state index in [-0.39, 0.29) is 6.54 Å². The summed E-state index contributed by atoms with van der Waals surface area (Å²) in [5, 5.41) is 6.59. The maximum atomic E-state index is 11.4. The van der Waals surface area contributed by atoms with Crippen LogP contribution >= 0.6 is 0 Å². The summed E-state index contributed by atoms with van der Waals surface area (Å²) in [4.78, 5) is 11.4. The van der Waals surface area contributed by atoms with E-state index < -0.39 is 11.8 Å². The Morgan fingerprint density at radius 1 is 1.17 bits per heavy atom. The van der Waals surface area contributed by atoms with Gasteiger partial charge >= 0.3 is 0 Å². The quantitative estimate of drug-likeness (QED) is 0.647. The monoisotopic (exact) mass is 322 g/mol. The van der Waals surface area contributed by atoms with Crippen LogP contribution in [0.15, 0.2) is 60.9 Å². The van der Waals surface area contributed by atoms with E-state index in [0.717, 1.165) is 22.4 Å². The summed E-state index contributed by atoms with van der Waals surface area (Å²) in [5.74, 6) is 0.457. The molecular formula is C18H18N4O2. The number of primary amides is 1. The highest BCUT2D eigenvalue weighted by Gasteiger charge is 2.16. The second-order valence-electron chi connectivity index (χ2n) is 5.34. The van der Waals surface area contributed by atoms with Gasteiger partial charge in [0, 0.05) is 12.1 Å². The van der Waals surface area contributed by atoms with Crippen molar-refractivity contribution in [2.45, 2.75) is 5.92 Å². The molecule has 1 atom stereocenters. The van der Waals surface area contributed by atoms with Crippen LogP contribution in [-0.2, 0) is 4.79 Å². The summed E-state index contributed by atoms with van der Waals surface area (Å²) in [5.41, 5.74) is 13.7. The number of aromatic amines is 1. The van der Waals surface area contributed by atoms with E-state index in [9.17, 15) is 4.79 Å². The highest BCUT2D eigenvalue weighted by molar-refractivity contribution is 5.82. The molecule has 1 amide bonds. The van der Waals surface area contributed by atoms with Crippen LogP contribution in [0.4, 0.5) is 0 Å². The molecule has 0 aliphatic carbocycles. The lowest BCUT2D eigenvalue weighted by atomic mass is 9.95. The van der Waals surface area contributed by atoms with E-state index in [1.54, 1.807) is 12.4 Å². The van der Waals surface area contributed by atoms with Crippen molar-refractivity contribution in [2.75, 3.05) is 6.54 Å². The van der Waals surface area contributed by atoms with Crippen molar-refractivity contribution in [3.63, 3.8) is 0 Å². The van der Waals surface area contributed by atoms with Gasteiger partial charge in [-0.1, -0.05) is 42.5 Å². The zero-order valence-corrected chi connectivity index (χ0v) is 13.0. The van der Waals surface area contributed by atoms with Gasteiger partial charge in [0.05, 0.1) is 18.3 Å². The Morgan fingerprint density at radius 3 is 2.54 bits per heavy atom. The average molecular weight is 322 g/mol. The summed E-state index contributed by atoms with van der Waals surface area (Å²) in [7, 11) is 0. The van der Waals surface area contributed by atoms with Crippen molar-refractivity contribution in [2.24, 2.45) is 11.5 Å². The lowest BCUT2D eigenvalue weighted by Crippen LogP contribution is -2.27. The maximum absolute atomic E-state index is 11.4. The van der Waals surface area contributed by atoms with Gasteiger partial charge in [-0.3, -0.25) is 9.89 Å². The summed E-state index contributed by atoms with van der Waals surface area (Å²) >= 11 is 0. The topological polar surface area (TPSA) is 107 Å². The number of benzene rings is 2. The zero-order chi connectivity index (χ0) is 16.9. The maximum Gasteiger partial charge on any atom is 0.226 e. The Hall–Kier alpha value is -3.12. The minimum absolute atomic E-state index is 0.189. The van der Waals surface area contributed by atoms with Crippen molar-refractivity contribution in [1.82, 2.24) is 10.2 Å². The third-order valence-corrected chi connectivity index (χ3v) is 3.79. The van der Waals surface area contributed by atoms with E-state index >= 15 is 0 Å². The number of carbonyl (C=O) groups excluding carboxylic acids is 1. The van der Waals surface area contributed by atoms with Crippen molar-refractivity contribution in [3.8, 4) is 22.6 Å². The second-order valence-corrected chi connectivity index (χ2v) is 5.34. The van der Waals surface area contributed by atoms with Gasteiger partial charge in [-0.2, -0.15) is 5.10 Å². The molecule has 3 rings (SSSR count). The number of rotatable bonds is 6. The molecule has 0 fully saturated rings. The summed E-state index contributed by atoms with van der Waals surface area (Å²) in [6.45, 7) is 0.189. The lowest BCUT2D eigenvalue weighted by molar-refractivity contribution is -0.119. The molecule has 1 aromatic heterocycles. The Morgan fingerprint density at radius 2 is 1.92 bits per heavy atom. The number of ether oxygens (including phenoxy) is 1. The number of nitrogens with zero attached hydrogens (tertiary/aromatic N) is 1. The van der Waals surface area contributed by atoms with Gasteiger partial charge in [0.1, 0.15) is 5.75 Å². The van der Waals surface area contributed by atoms with Gasteiger partial charge in [0.2, 0.25) is 5.91 Å². The van der Waals surface area contributed by atoms with Gasteiger partial charge in [-0.15, -0.1) is 0 Å². The average Bonchev–Trinajstić information content (AvgIpc) is 3.09. The van der Waals surface area contributed by atoms with Crippen LogP contribution in [0, 0.1) is 0 Å². The van der Waals surface area contributed by atoms with Crippen molar-refractivity contribution >= 4 is 5.91 Å². The van der Waals surface area contributed by atoms with Crippen LogP contribution in [-0.4, -0.2) is 22.6 Å². The van der Waals surface area contributed by atoms with Crippen molar-refractivity contribution in [1.29, 1.82) is 0 Å². The fraction of sp³-hybridized carbons (Fsp3) is 0.111. The van der Waals surface area contributed by atoms with Crippen LogP contribution in [0.3, 0.4) is 0 Å². The Kier molecular flexibility index (Phi) is 4.58. The molecule has 6 nitrogen and oxygen atoms in total. The summed E-state index contributed by atoms with van der Waals surface area (Å²) in [6.07, 6.45) is 3.29. The van der Waals surface area contributed by atoms with Crippen molar-refractivity contribution in [3.05, 3.63) is 66.5 Å². The molecule has 3 aromatic rings. The van der Waals surface area contributed by atoms with Crippen LogP contribution in [0.2, 0.25) is 0 Å². The molecule has 0 radical (unpaired) electrons. The number of para-hydroxylation sites is 1. The highest BCUT2D eigenvalue weighted by atomic mass is 16.5. The molecule has 0 saturated carbocycles. The molecule has 0 bridgehead atoms. The van der Waals surface area contributed by atoms with Crippen LogP contribution < -0.4 is 16.2 Å².